The Bertz CT molecular complexity index is 386. The number of rotatable bonds is 1. The topological polar surface area (TPSA) is 61.6 Å². The molecule has 1 aromatic rings. The van der Waals surface area contributed by atoms with Crippen molar-refractivity contribution in [2.45, 2.75) is 32.7 Å². The van der Waals surface area contributed by atoms with Crippen molar-refractivity contribution in [3.63, 3.8) is 0 Å². The lowest BCUT2D eigenvalue weighted by Gasteiger charge is -2.15. The van der Waals surface area contributed by atoms with Crippen LogP contribution in [0.3, 0.4) is 0 Å². The number of nitrogens with one attached hydrogen (secondary N) is 1. The van der Waals surface area contributed by atoms with E-state index in [0.29, 0.717) is 0 Å². The summed E-state index contributed by atoms with van der Waals surface area (Å²) >= 11 is 0. The van der Waals surface area contributed by atoms with E-state index in [1.54, 1.807) is 0 Å². The highest BCUT2D eigenvalue weighted by Gasteiger charge is 2.17. The maximum Gasteiger partial charge on any atom is 0.267 e. The summed E-state index contributed by atoms with van der Waals surface area (Å²) in [6, 6.07) is 3.46. The van der Waals surface area contributed by atoms with Gasteiger partial charge in [0.05, 0.1) is 6.07 Å². The van der Waals surface area contributed by atoms with E-state index >= 15 is 0 Å². The van der Waals surface area contributed by atoms with E-state index in [9.17, 15) is 4.79 Å². The molecule has 70 valence electrons. The van der Waals surface area contributed by atoms with E-state index in [1.165, 1.54) is 10.7 Å². The zero-order valence-corrected chi connectivity index (χ0v) is 8.09. The Morgan fingerprint density at radius 1 is 1.62 bits per heavy atom. The average molecular weight is 179 g/mol. The van der Waals surface area contributed by atoms with Crippen molar-refractivity contribution in [2.24, 2.45) is 0 Å². The predicted molar refractivity (Wildman–Crippen MR) is 49.4 cm³/mol. The van der Waals surface area contributed by atoms with Gasteiger partial charge in [0, 0.05) is 17.2 Å². The van der Waals surface area contributed by atoms with Crippen molar-refractivity contribution in [1.82, 2.24) is 9.78 Å². The third-order valence-electron chi connectivity index (χ3n) is 1.83. The molecule has 13 heavy (non-hydrogen) atoms. The predicted octanol–water partition coefficient (Wildman–Crippen LogP) is 0.997. The van der Waals surface area contributed by atoms with Crippen molar-refractivity contribution >= 4 is 0 Å². The van der Waals surface area contributed by atoms with E-state index in [4.69, 9.17) is 5.26 Å². The van der Waals surface area contributed by atoms with Gasteiger partial charge in [-0.2, -0.15) is 5.26 Å². The number of hydrogen-bond acceptors (Lipinski definition) is 2. The molecule has 1 N–H and O–H groups in total. The smallest absolute Gasteiger partial charge is 0.267 e. The molecule has 1 aromatic heterocycles. The summed E-state index contributed by atoms with van der Waals surface area (Å²) in [4.78, 5) is 11.3. The fraction of sp³-hybridized carbons (Fsp3) is 0.556. The van der Waals surface area contributed by atoms with Gasteiger partial charge in [0.1, 0.15) is 6.54 Å². The fourth-order valence-corrected chi connectivity index (χ4v) is 1.01. The number of aromatic amines is 1. The highest BCUT2D eigenvalue weighted by Crippen LogP contribution is 2.17. The van der Waals surface area contributed by atoms with Crippen molar-refractivity contribution in [1.29, 1.82) is 5.26 Å². The van der Waals surface area contributed by atoms with E-state index in [1.807, 2.05) is 26.8 Å². The minimum atomic E-state index is -0.147. The molecule has 4 heteroatoms. The van der Waals surface area contributed by atoms with Crippen LogP contribution in [0.5, 0.6) is 0 Å². The third-order valence-corrected chi connectivity index (χ3v) is 1.83. The highest BCUT2D eigenvalue weighted by atomic mass is 16.1. The Hall–Kier alpha value is -1.50. The molecule has 0 amide bonds. The molecular weight excluding hydrogens is 166 g/mol. The molecule has 0 atom stereocenters. The molecule has 0 aromatic carbocycles. The summed E-state index contributed by atoms with van der Waals surface area (Å²) in [5.41, 5.74) is 0.624. The van der Waals surface area contributed by atoms with Crippen LogP contribution in [0.4, 0.5) is 0 Å². The summed E-state index contributed by atoms with van der Waals surface area (Å²) in [7, 11) is 0. The molecule has 1 heterocycles. The van der Waals surface area contributed by atoms with Crippen LogP contribution in [0, 0.1) is 11.3 Å². The Balaban J connectivity index is 3.11. The van der Waals surface area contributed by atoms with Crippen LogP contribution in [-0.4, -0.2) is 9.78 Å². The molecular formula is C9H13N3O. The summed E-state index contributed by atoms with van der Waals surface area (Å²) in [5.74, 6) is 0. The van der Waals surface area contributed by atoms with Crippen LogP contribution in [-0.2, 0) is 12.0 Å². The number of hydrogen-bond donors (Lipinski definition) is 1. The quantitative estimate of drug-likeness (QED) is 0.699. The van der Waals surface area contributed by atoms with Crippen LogP contribution in [0.2, 0.25) is 0 Å². The van der Waals surface area contributed by atoms with Gasteiger partial charge in [0.15, 0.2) is 0 Å². The zero-order valence-electron chi connectivity index (χ0n) is 8.09. The number of nitrogens with zero attached hydrogens (tertiary/aromatic N) is 2. The summed E-state index contributed by atoms with van der Waals surface area (Å²) in [6.45, 7) is 6.11. The Kier molecular flexibility index (Phi) is 2.28. The molecule has 0 unspecified atom stereocenters. The zero-order chi connectivity index (χ0) is 10.1. The van der Waals surface area contributed by atoms with Crippen LogP contribution in [0.15, 0.2) is 10.9 Å². The van der Waals surface area contributed by atoms with Crippen molar-refractivity contribution in [3.05, 3.63) is 22.1 Å². The van der Waals surface area contributed by atoms with Gasteiger partial charge in [-0.1, -0.05) is 20.8 Å². The second-order valence-corrected chi connectivity index (χ2v) is 4.00. The van der Waals surface area contributed by atoms with Crippen LogP contribution < -0.4 is 5.56 Å². The van der Waals surface area contributed by atoms with Crippen LogP contribution >= 0.6 is 0 Å². The van der Waals surface area contributed by atoms with Crippen molar-refractivity contribution in [2.75, 3.05) is 0 Å². The van der Waals surface area contributed by atoms with E-state index in [2.05, 4.69) is 5.10 Å². The summed E-state index contributed by atoms with van der Waals surface area (Å²) in [5, 5.41) is 11.3. The summed E-state index contributed by atoms with van der Waals surface area (Å²) in [6.07, 6.45) is 0. The minimum Gasteiger partial charge on any atom is -0.298 e. The fourth-order valence-electron chi connectivity index (χ4n) is 1.01. The second kappa shape index (κ2) is 3.09. The molecule has 0 saturated carbocycles. The molecule has 0 saturated heterocycles. The normalized spacial score (nSPS) is 11.2. The molecule has 4 nitrogen and oxygen atoms in total. The molecule has 0 fully saturated rings. The molecule has 1 rings (SSSR count). The molecule has 0 spiro atoms. The number of nitriles is 1. The van der Waals surface area contributed by atoms with Crippen LogP contribution in [0.1, 0.15) is 26.5 Å². The lowest BCUT2D eigenvalue weighted by Crippen LogP contribution is -2.15. The van der Waals surface area contributed by atoms with Gasteiger partial charge >= 0.3 is 0 Å². The van der Waals surface area contributed by atoms with Gasteiger partial charge in [-0.05, 0) is 0 Å². The molecule has 0 aliphatic rings. The van der Waals surface area contributed by atoms with Gasteiger partial charge < -0.3 is 0 Å². The van der Waals surface area contributed by atoms with Gasteiger partial charge in [-0.25, -0.2) is 4.68 Å². The molecule has 0 bridgehead atoms. The Morgan fingerprint density at radius 2 is 2.23 bits per heavy atom. The van der Waals surface area contributed by atoms with Gasteiger partial charge in [0.2, 0.25) is 0 Å². The minimum absolute atomic E-state index is 0.0783. The van der Waals surface area contributed by atoms with Gasteiger partial charge in [-0.15, -0.1) is 0 Å². The maximum atomic E-state index is 11.3. The Morgan fingerprint density at radius 3 is 2.62 bits per heavy atom. The van der Waals surface area contributed by atoms with E-state index < -0.39 is 0 Å². The number of H-pyrrole nitrogens is 1. The third kappa shape index (κ3) is 2.00. The monoisotopic (exact) mass is 179 g/mol. The molecule has 0 aliphatic carbocycles. The Labute approximate surface area is 76.8 Å². The van der Waals surface area contributed by atoms with Crippen molar-refractivity contribution in [3.8, 4) is 6.07 Å². The summed E-state index contributed by atoms with van der Waals surface area (Å²) < 4.78 is 1.31. The first-order chi connectivity index (χ1) is 5.95. The van der Waals surface area contributed by atoms with Gasteiger partial charge in [0.25, 0.3) is 5.56 Å². The number of aromatic nitrogens is 2. The van der Waals surface area contributed by atoms with Crippen molar-refractivity contribution < 1.29 is 0 Å². The maximum absolute atomic E-state index is 11.3. The standard InChI is InChI=1S/C9H13N3O/c1-9(2,3)7-6-8(13)12(11-7)5-4-10/h6,11H,5H2,1-3H3. The van der Waals surface area contributed by atoms with Crippen LogP contribution in [0.25, 0.3) is 0 Å². The first-order valence-electron chi connectivity index (χ1n) is 4.12. The SMILES string of the molecule is CC(C)(C)c1cc(=O)n(CC#N)[nH]1. The first-order valence-corrected chi connectivity index (χ1v) is 4.12. The second-order valence-electron chi connectivity index (χ2n) is 4.00. The highest BCUT2D eigenvalue weighted by molar-refractivity contribution is 5.10. The lowest BCUT2D eigenvalue weighted by molar-refractivity contribution is 0.546. The molecule has 0 aliphatic heterocycles. The largest absolute Gasteiger partial charge is 0.298 e. The van der Waals surface area contributed by atoms with E-state index in [-0.39, 0.29) is 17.5 Å². The van der Waals surface area contributed by atoms with E-state index in [0.717, 1.165) is 5.69 Å². The first kappa shape index (κ1) is 9.59. The lowest BCUT2D eigenvalue weighted by atomic mass is 9.93. The average Bonchev–Trinajstić information content (AvgIpc) is 2.32. The molecule has 0 radical (unpaired) electrons. The van der Waals surface area contributed by atoms with Gasteiger partial charge in [-0.3, -0.25) is 9.89 Å².